The Bertz CT molecular complexity index is 1160. The maximum Gasteiger partial charge on any atom is 0.270 e. The lowest BCUT2D eigenvalue weighted by Gasteiger charge is -2.37. The van der Waals surface area contributed by atoms with Crippen LogP contribution in [0.3, 0.4) is 0 Å². The normalized spacial score (nSPS) is 14.3. The maximum absolute atomic E-state index is 12.5. The molecule has 4 rings (SSSR count). The number of benzene rings is 2. The Morgan fingerprint density at radius 3 is 2.56 bits per heavy atom. The molecule has 174 valence electrons. The Balaban J connectivity index is 1.33. The Morgan fingerprint density at radius 1 is 1.03 bits per heavy atom. The van der Waals surface area contributed by atoms with Gasteiger partial charge in [0.05, 0.1) is 16.3 Å². The van der Waals surface area contributed by atoms with Crippen LogP contribution in [0.25, 0.3) is 6.08 Å². The predicted octanol–water partition coefficient (Wildman–Crippen LogP) is 4.01. The second-order valence-corrected chi connectivity index (χ2v) is 8.13. The first-order valence-electron chi connectivity index (χ1n) is 11.3. The van der Waals surface area contributed by atoms with Gasteiger partial charge < -0.3 is 10.2 Å². The van der Waals surface area contributed by atoms with Crippen LogP contribution in [0.4, 0.5) is 17.1 Å². The number of para-hydroxylation sites is 2. The van der Waals surface area contributed by atoms with Gasteiger partial charge in [-0.3, -0.25) is 24.8 Å². The summed E-state index contributed by atoms with van der Waals surface area (Å²) in [5.74, 6) is -0.282. The molecule has 1 aromatic heterocycles. The number of nitro benzene ring substituents is 1. The van der Waals surface area contributed by atoms with Gasteiger partial charge in [-0.15, -0.1) is 0 Å². The van der Waals surface area contributed by atoms with Crippen LogP contribution in [0.1, 0.15) is 11.1 Å². The van der Waals surface area contributed by atoms with E-state index in [-0.39, 0.29) is 11.6 Å². The van der Waals surface area contributed by atoms with Crippen molar-refractivity contribution in [1.29, 1.82) is 0 Å². The Morgan fingerprint density at radius 2 is 1.79 bits per heavy atom. The highest BCUT2D eigenvalue weighted by atomic mass is 16.6. The van der Waals surface area contributed by atoms with Gasteiger partial charge in [0.25, 0.3) is 5.69 Å². The summed E-state index contributed by atoms with van der Waals surface area (Å²) in [6.07, 6.45) is 7.64. The lowest BCUT2D eigenvalue weighted by molar-refractivity contribution is -0.384. The van der Waals surface area contributed by atoms with E-state index in [1.807, 2.05) is 36.7 Å². The summed E-state index contributed by atoms with van der Waals surface area (Å²) in [5.41, 5.74) is 3.63. The van der Waals surface area contributed by atoms with Crippen molar-refractivity contribution in [3.05, 3.63) is 100 Å². The quantitative estimate of drug-likeness (QED) is 0.312. The number of nitrogens with one attached hydrogen (secondary N) is 1. The lowest BCUT2D eigenvalue weighted by Crippen LogP contribution is -2.47. The summed E-state index contributed by atoms with van der Waals surface area (Å²) in [6.45, 7) is 4.69. The molecule has 1 amide bonds. The topological polar surface area (TPSA) is 91.6 Å². The van der Waals surface area contributed by atoms with E-state index >= 15 is 0 Å². The van der Waals surface area contributed by atoms with Crippen LogP contribution in [0.2, 0.25) is 0 Å². The third-order valence-electron chi connectivity index (χ3n) is 5.85. The molecule has 1 aliphatic heterocycles. The number of pyridine rings is 1. The zero-order valence-electron chi connectivity index (χ0n) is 18.8. The summed E-state index contributed by atoms with van der Waals surface area (Å²) >= 11 is 0. The zero-order valence-corrected chi connectivity index (χ0v) is 18.8. The molecule has 0 unspecified atom stereocenters. The van der Waals surface area contributed by atoms with Crippen LogP contribution < -0.4 is 10.2 Å². The molecule has 1 aliphatic rings. The number of nitro groups is 1. The van der Waals surface area contributed by atoms with E-state index in [4.69, 9.17) is 0 Å². The molecule has 0 atom stereocenters. The Hall–Kier alpha value is -4.04. The molecule has 8 heteroatoms. The molecular weight excluding hydrogens is 430 g/mol. The van der Waals surface area contributed by atoms with Crippen molar-refractivity contribution in [2.45, 2.75) is 6.42 Å². The van der Waals surface area contributed by atoms with Crippen LogP contribution in [-0.4, -0.2) is 53.4 Å². The third kappa shape index (κ3) is 6.26. The molecule has 0 bridgehead atoms. The number of carbonyl (C=O) groups is 1. The van der Waals surface area contributed by atoms with Crippen LogP contribution in [0, 0.1) is 10.1 Å². The van der Waals surface area contributed by atoms with Crippen molar-refractivity contribution in [3.8, 4) is 0 Å². The molecule has 8 nitrogen and oxygen atoms in total. The Kier molecular flexibility index (Phi) is 7.62. The van der Waals surface area contributed by atoms with Crippen molar-refractivity contribution in [2.24, 2.45) is 0 Å². The molecule has 2 heterocycles. The van der Waals surface area contributed by atoms with E-state index in [9.17, 15) is 14.9 Å². The molecule has 1 N–H and O–H groups in total. The fourth-order valence-corrected chi connectivity index (χ4v) is 3.99. The van der Waals surface area contributed by atoms with Gasteiger partial charge >= 0.3 is 0 Å². The number of non-ortho nitro benzene ring substituents is 1. The smallest absolute Gasteiger partial charge is 0.270 e. The van der Waals surface area contributed by atoms with E-state index in [0.717, 1.165) is 50.5 Å². The number of hydrogen-bond acceptors (Lipinski definition) is 6. The monoisotopic (exact) mass is 457 g/mol. The first-order valence-corrected chi connectivity index (χ1v) is 11.3. The first kappa shape index (κ1) is 23.1. The fourth-order valence-electron chi connectivity index (χ4n) is 3.99. The highest BCUT2D eigenvalue weighted by molar-refractivity contribution is 6.03. The number of carbonyl (C=O) groups excluding carboxylic acids is 1. The number of anilines is 2. The minimum Gasteiger partial charge on any atom is -0.367 e. The summed E-state index contributed by atoms with van der Waals surface area (Å²) in [4.78, 5) is 31.9. The number of hydrogen-bond donors (Lipinski definition) is 1. The summed E-state index contributed by atoms with van der Waals surface area (Å²) in [7, 11) is 0. The van der Waals surface area contributed by atoms with E-state index < -0.39 is 4.92 Å². The maximum atomic E-state index is 12.5. The zero-order chi connectivity index (χ0) is 23.8. The van der Waals surface area contributed by atoms with Gasteiger partial charge in [-0.1, -0.05) is 24.3 Å². The standard InChI is InChI=1S/C26H27N5O3/c32-26(9-8-22-4-3-5-23(20-22)31(33)34)28-24-6-1-2-7-25(24)30-18-16-29(17-19-30)15-12-21-10-13-27-14-11-21/h1-11,13-14,20H,12,15-19H2,(H,28,32)/b9-8+. The highest BCUT2D eigenvalue weighted by Crippen LogP contribution is 2.27. The van der Waals surface area contributed by atoms with Gasteiger partial charge in [-0.2, -0.15) is 0 Å². The van der Waals surface area contributed by atoms with Crippen molar-refractivity contribution < 1.29 is 9.72 Å². The molecule has 1 saturated heterocycles. The molecule has 2 aromatic carbocycles. The van der Waals surface area contributed by atoms with Gasteiger partial charge in [0.15, 0.2) is 0 Å². The number of amides is 1. The molecule has 3 aromatic rings. The fraction of sp³-hybridized carbons (Fsp3) is 0.231. The van der Waals surface area contributed by atoms with Crippen LogP contribution in [0.5, 0.6) is 0 Å². The van der Waals surface area contributed by atoms with Crippen molar-refractivity contribution in [3.63, 3.8) is 0 Å². The summed E-state index contributed by atoms with van der Waals surface area (Å²) in [5, 5.41) is 13.9. The van der Waals surface area contributed by atoms with E-state index in [1.54, 1.807) is 18.2 Å². The molecular formula is C26H27N5O3. The van der Waals surface area contributed by atoms with Crippen LogP contribution in [0.15, 0.2) is 79.1 Å². The van der Waals surface area contributed by atoms with Crippen molar-refractivity contribution >= 4 is 29.0 Å². The first-order chi connectivity index (χ1) is 16.6. The number of piperazine rings is 1. The number of rotatable bonds is 8. The summed E-state index contributed by atoms with van der Waals surface area (Å²) < 4.78 is 0. The van der Waals surface area contributed by atoms with Gasteiger partial charge in [0.1, 0.15) is 0 Å². The largest absolute Gasteiger partial charge is 0.367 e. The van der Waals surface area contributed by atoms with Gasteiger partial charge in [0.2, 0.25) is 5.91 Å². The van der Waals surface area contributed by atoms with E-state index in [2.05, 4.69) is 32.2 Å². The van der Waals surface area contributed by atoms with Gasteiger partial charge in [0, 0.05) is 63.3 Å². The second-order valence-electron chi connectivity index (χ2n) is 8.13. The Labute approximate surface area is 198 Å². The highest BCUT2D eigenvalue weighted by Gasteiger charge is 2.19. The van der Waals surface area contributed by atoms with Gasteiger partial charge in [-0.25, -0.2) is 0 Å². The van der Waals surface area contributed by atoms with Crippen LogP contribution in [-0.2, 0) is 11.2 Å². The second kappa shape index (κ2) is 11.2. The molecule has 0 aliphatic carbocycles. The number of nitrogens with zero attached hydrogens (tertiary/aromatic N) is 4. The van der Waals surface area contributed by atoms with E-state index in [0.29, 0.717) is 5.56 Å². The third-order valence-corrected chi connectivity index (χ3v) is 5.85. The van der Waals surface area contributed by atoms with E-state index in [1.165, 1.54) is 23.8 Å². The molecule has 34 heavy (non-hydrogen) atoms. The predicted molar refractivity (Wildman–Crippen MR) is 134 cm³/mol. The lowest BCUT2D eigenvalue weighted by atomic mass is 10.1. The minimum atomic E-state index is -0.452. The minimum absolute atomic E-state index is 0.00665. The average Bonchev–Trinajstić information content (AvgIpc) is 2.88. The average molecular weight is 458 g/mol. The molecule has 1 fully saturated rings. The molecule has 0 radical (unpaired) electrons. The van der Waals surface area contributed by atoms with Gasteiger partial charge in [-0.05, 0) is 47.9 Å². The molecule has 0 spiro atoms. The SMILES string of the molecule is O=C(/C=C/c1cccc([N+](=O)[O-])c1)Nc1ccccc1N1CCN(CCc2ccncc2)CC1. The molecule has 0 saturated carbocycles. The van der Waals surface area contributed by atoms with Crippen molar-refractivity contribution in [2.75, 3.05) is 42.9 Å². The van der Waals surface area contributed by atoms with Crippen molar-refractivity contribution in [1.82, 2.24) is 9.88 Å². The number of aromatic nitrogens is 1. The van der Waals surface area contributed by atoms with Crippen LogP contribution >= 0.6 is 0 Å². The summed E-state index contributed by atoms with van der Waals surface area (Å²) in [6, 6.07) is 18.1.